The number of rotatable bonds is 4. The topological polar surface area (TPSA) is 63.8 Å². The monoisotopic (exact) mass is 526 g/mol. The molecule has 0 saturated heterocycles. The molecule has 8 heteroatoms. The summed E-state index contributed by atoms with van der Waals surface area (Å²) in [7, 11) is 1.56. The first-order chi connectivity index (χ1) is 10.0. The number of carbonyl (C=O) groups is 1. The Bertz CT molecular complexity index is 681. The van der Waals surface area contributed by atoms with E-state index in [1.54, 1.807) is 31.4 Å². The van der Waals surface area contributed by atoms with Crippen molar-refractivity contribution in [3.63, 3.8) is 0 Å². The number of ether oxygens (including phenoxy) is 1. The van der Waals surface area contributed by atoms with Gasteiger partial charge in [-0.2, -0.15) is 5.10 Å². The van der Waals surface area contributed by atoms with Gasteiger partial charge in [-0.05, 0) is 72.6 Å². The zero-order valence-corrected chi connectivity index (χ0v) is 16.0. The predicted octanol–water partition coefficient (Wildman–Crippen LogP) is 4.18. The highest BCUT2D eigenvalue weighted by Gasteiger charge is 2.08. The first-order valence-corrected chi connectivity index (χ1v) is 8.29. The summed E-state index contributed by atoms with van der Waals surface area (Å²) in [6.07, 6.45) is 1.41. The van der Waals surface area contributed by atoms with Crippen LogP contribution in [0.25, 0.3) is 0 Å². The number of nitrogens with zero attached hydrogens (tertiary/aromatic N) is 1. The Morgan fingerprint density at radius 2 is 2.19 bits per heavy atom. The number of carbonyl (C=O) groups excluding carboxylic acids is 1. The second-order valence-corrected chi connectivity index (χ2v) is 6.56. The molecule has 1 N–H and O–H groups in total. The predicted molar refractivity (Wildman–Crippen MR) is 94.9 cm³/mol. The SMILES string of the molecule is COc1cc(C(=O)N/N=C/c2cc(Br)c(Br)o2)ccc1I. The van der Waals surface area contributed by atoms with Crippen LogP contribution >= 0.6 is 54.5 Å². The third-order valence-corrected chi connectivity index (χ3v) is 5.04. The maximum absolute atomic E-state index is 12.0. The lowest BCUT2D eigenvalue weighted by Crippen LogP contribution is -2.17. The van der Waals surface area contributed by atoms with E-state index < -0.39 is 0 Å². The fourth-order valence-corrected chi connectivity index (χ4v) is 2.61. The Kier molecular flexibility index (Phi) is 5.82. The molecular weight excluding hydrogens is 519 g/mol. The molecule has 1 amide bonds. The lowest BCUT2D eigenvalue weighted by molar-refractivity contribution is 0.0954. The summed E-state index contributed by atoms with van der Waals surface area (Å²) in [5, 5.41) is 3.85. The van der Waals surface area contributed by atoms with E-state index in [0.29, 0.717) is 21.7 Å². The van der Waals surface area contributed by atoms with Crippen LogP contribution < -0.4 is 10.2 Å². The third-order valence-electron chi connectivity index (χ3n) is 2.44. The van der Waals surface area contributed by atoms with Crippen molar-refractivity contribution in [1.82, 2.24) is 5.43 Å². The Labute approximate surface area is 151 Å². The maximum atomic E-state index is 12.0. The zero-order chi connectivity index (χ0) is 15.4. The molecule has 0 atom stereocenters. The fraction of sp³-hybridized carbons (Fsp3) is 0.0769. The Balaban J connectivity index is 2.04. The molecule has 0 spiro atoms. The first kappa shape index (κ1) is 16.5. The number of halogens is 3. The summed E-state index contributed by atoms with van der Waals surface area (Å²) in [6.45, 7) is 0. The number of hydrogen-bond acceptors (Lipinski definition) is 4. The molecule has 5 nitrogen and oxygen atoms in total. The van der Waals surface area contributed by atoms with E-state index in [-0.39, 0.29) is 5.91 Å². The van der Waals surface area contributed by atoms with Gasteiger partial charge in [0.1, 0.15) is 11.5 Å². The van der Waals surface area contributed by atoms with Crippen LogP contribution in [0.2, 0.25) is 0 Å². The molecule has 1 aromatic heterocycles. The van der Waals surface area contributed by atoms with Gasteiger partial charge in [0, 0.05) is 11.6 Å². The van der Waals surface area contributed by atoms with Crippen molar-refractivity contribution in [2.75, 3.05) is 7.11 Å². The number of hydrazone groups is 1. The summed E-state index contributed by atoms with van der Waals surface area (Å²) in [5.74, 6) is 0.825. The van der Waals surface area contributed by atoms with E-state index in [4.69, 9.17) is 9.15 Å². The minimum Gasteiger partial charge on any atom is -0.496 e. The molecular formula is C13H9Br2IN2O3. The summed E-state index contributed by atoms with van der Waals surface area (Å²) in [5.41, 5.74) is 2.89. The van der Waals surface area contributed by atoms with Gasteiger partial charge in [0.15, 0.2) is 4.67 Å². The molecule has 0 aliphatic heterocycles. The van der Waals surface area contributed by atoms with Crippen LogP contribution in [0.3, 0.4) is 0 Å². The van der Waals surface area contributed by atoms with Crippen LogP contribution in [-0.2, 0) is 0 Å². The summed E-state index contributed by atoms with van der Waals surface area (Å²) in [4.78, 5) is 12.0. The van der Waals surface area contributed by atoms with Crippen molar-refractivity contribution in [3.05, 3.63) is 48.3 Å². The van der Waals surface area contributed by atoms with Gasteiger partial charge in [-0.15, -0.1) is 0 Å². The Morgan fingerprint density at radius 3 is 2.81 bits per heavy atom. The highest BCUT2D eigenvalue weighted by atomic mass is 127. The molecule has 0 aliphatic carbocycles. The van der Waals surface area contributed by atoms with Crippen LogP contribution in [0.5, 0.6) is 5.75 Å². The molecule has 0 aliphatic rings. The third kappa shape index (κ3) is 4.30. The quantitative estimate of drug-likeness (QED) is 0.369. The second kappa shape index (κ2) is 7.41. The number of furan rings is 1. The fourth-order valence-electron chi connectivity index (χ4n) is 1.45. The minimum atomic E-state index is -0.328. The van der Waals surface area contributed by atoms with Crippen LogP contribution in [-0.4, -0.2) is 19.2 Å². The largest absolute Gasteiger partial charge is 0.496 e. The van der Waals surface area contributed by atoms with Gasteiger partial charge < -0.3 is 9.15 Å². The zero-order valence-electron chi connectivity index (χ0n) is 10.7. The van der Waals surface area contributed by atoms with Crippen LogP contribution in [0, 0.1) is 3.57 Å². The van der Waals surface area contributed by atoms with Gasteiger partial charge >= 0.3 is 0 Å². The normalized spacial score (nSPS) is 10.9. The molecule has 21 heavy (non-hydrogen) atoms. The lowest BCUT2D eigenvalue weighted by Gasteiger charge is -2.05. The van der Waals surface area contributed by atoms with Crippen molar-refractivity contribution < 1.29 is 13.9 Å². The standard InChI is InChI=1S/C13H9Br2IN2O3/c1-20-11-4-7(2-3-10(11)16)13(19)18-17-6-8-5-9(14)12(15)21-8/h2-6H,1H3,(H,18,19)/b17-6+. The molecule has 1 aromatic carbocycles. The van der Waals surface area contributed by atoms with E-state index in [2.05, 4.69) is 65.0 Å². The lowest BCUT2D eigenvalue weighted by atomic mass is 10.2. The molecule has 0 fully saturated rings. The maximum Gasteiger partial charge on any atom is 0.271 e. The molecule has 0 unspecified atom stereocenters. The summed E-state index contributed by atoms with van der Waals surface area (Å²) < 4.78 is 12.8. The number of hydrogen-bond donors (Lipinski definition) is 1. The molecule has 2 aromatic rings. The van der Waals surface area contributed by atoms with E-state index in [1.165, 1.54) is 6.21 Å². The summed E-state index contributed by atoms with van der Waals surface area (Å²) in [6, 6.07) is 6.90. The van der Waals surface area contributed by atoms with E-state index in [9.17, 15) is 4.79 Å². The molecule has 2 rings (SSSR count). The van der Waals surface area contributed by atoms with E-state index in [0.717, 1.165) is 8.04 Å². The van der Waals surface area contributed by atoms with Gasteiger partial charge in [0.2, 0.25) is 0 Å². The number of benzene rings is 1. The van der Waals surface area contributed by atoms with E-state index in [1.807, 2.05) is 0 Å². The van der Waals surface area contributed by atoms with E-state index >= 15 is 0 Å². The van der Waals surface area contributed by atoms with Gasteiger partial charge in [-0.3, -0.25) is 4.79 Å². The van der Waals surface area contributed by atoms with Crippen molar-refractivity contribution in [2.24, 2.45) is 5.10 Å². The van der Waals surface area contributed by atoms with Gasteiger partial charge in [0.25, 0.3) is 5.91 Å². The van der Waals surface area contributed by atoms with Gasteiger partial charge in [-0.1, -0.05) is 0 Å². The first-order valence-electron chi connectivity index (χ1n) is 5.63. The Hall–Kier alpha value is -0.870. The van der Waals surface area contributed by atoms with Crippen LogP contribution in [0.1, 0.15) is 16.1 Å². The average Bonchev–Trinajstić information content (AvgIpc) is 2.78. The Morgan fingerprint density at radius 1 is 1.43 bits per heavy atom. The van der Waals surface area contributed by atoms with Gasteiger partial charge in [-0.25, -0.2) is 5.43 Å². The average molecular weight is 528 g/mol. The number of methoxy groups -OCH3 is 1. The minimum absolute atomic E-state index is 0.328. The summed E-state index contributed by atoms with van der Waals surface area (Å²) >= 11 is 8.65. The highest BCUT2D eigenvalue weighted by molar-refractivity contribution is 14.1. The molecule has 0 bridgehead atoms. The smallest absolute Gasteiger partial charge is 0.271 e. The van der Waals surface area contributed by atoms with Crippen molar-refractivity contribution in [3.8, 4) is 5.75 Å². The molecule has 1 heterocycles. The van der Waals surface area contributed by atoms with Crippen molar-refractivity contribution in [1.29, 1.82) is 0 Å². The van der Waals surface area contributed by atoms with Crippen molar-refractivity contribution in [2.45, 2.75) is 0 Å². The second-order valence-electron chi connectivity index (χ2n) is 3.82. The van der Waals surface area contributed by atoms with Crippen LogP contribution in [0.15, 0.2) is 42.9 Å². The highest BCUT2D eigenvalue weighted by Crippen LogP contribution is 2.25. The van der Waals surface area contributed by atoms with Gasteiger partial charge in [0.05, 0.1) is 21.4 Å². The number of amides is 1. The molecule has 110 valence electrons. The molecule has 0 saturated carbocycles. The number of nitrogens with one attached hydrogen (secondary N) is 1. The van der Waals surface area contributed by atoms with Crippen LogP contribution in [0.4, 0.5) is 0 Å². The van der Waals surface area contributed by atoms with Crippen molar-refractivity contribution >= 4 is 66.6 Å². The molecule has 0 radical (unpaired) electrons.